The van der Waals surface area contributed by atoms with Crippen LogP contribution in [0, 0.1) is 6.92 Å². The van der Waals surface area contributed by atoms with E-state index in [4.69, 9.17) is 0 Å². The molecule has 3 nitrogen and oxygen atoms in total. The highest BCUT2D eigenvalue weighted by molar-refractivity contribution is 5.89. The molecule has 0 saturated heterocycles. The summed E-state index contributed by atoms with van der Waals surface area (Å²) in [5.41, 5.74) is 2.00. The van der Waals surface area contributed by atoms with Crippen molar-refractivity contribution in [3.63, 3.8) is 0 Å². The zero-order valence-corrected chi connectivity index (χ0v) is 9.50. The average molecular weight is 206 g/mol. The van der Waals surface area contributed by atoms with Gasteiger partial charge in [-0.05, 0) is 32.4 Å². The van der Waals surface area contributed by atoms with E-state index in [1.807, 2.05) is 45.0 Å². The maximum Gasteiger partial charge on any atom is 0.319 e. The lowest BCUT2D eigenvalue weighted by Crippen LogP contribution is -2.35. The molecule has 15 heavy (non-hydrogen) atoms. The molecule has 0 aromatic heterocycles. The minimum Gasteiger partial charge on any atom is -0.335 e. The average Bonchev–Trinajstić information content (AvgIpc) is 2.21. The fourth-order valence-electron chi connectivity index (χ4n) is 1.13. The Morgan fingerprint density at radius 2 is 1.93 bits per heavy atom. The maximum absolute atomic E-state index is 11.4. The number of carbonyl (C=O) groups excluding carboxylic acids is 1. The Kier molecular flexibility index (Phi) is 4.16. The molecule has 1 rings (SSSR count). The van der Waals surface area contributed by atoms with Gasteiger partial charge in [0.05, 0.1) is 0 Å². The van der Waals surface area contributed by atoms with Gasteiger partial charge in [0.15, 0.2) is 0 Å². The zero-order valence-electron chi connectivity index (χ0n) is 9.50. The van der Waals surface area contributed by atoms with E-state index in [0.717, 1.165) is 12.1 Å². The second-order valence-corrected chi connectivity index (χ2v) is 3.77. The number of benzene rings is 1. The summed E-state index contributed by atoms with van der Waals surface area (Å²) in [6.07, 6.45) is 0.932. The second-order valence-electron chi connectivity index (χ2n) is 3.77. The molecule has 0 aliphatic heterocycles. The third-order valence-electron chi connectivity index (χ3n) is 2.30. The van der Waals surface area contributed by atoms with Crippen LogP contribution < -0.4 is 10.6 Å². The summed E-state index contributed by atoms with van der Waals surface area (Å²) >= 11 is 0. The van der Waals surface area contributed by atoms with E-state index < -0.39 is 0 Å². The van der Waals surface area contributed by atoms with Gasteiger partial charge in [0.2, 0.25) is 0 Å². The maximum atomic E-state index is 11.4. The standard InChI is InChI=1S/C12H18N2O/c1-4-10(3)13-12(15)14-11-7-5-9(2)6-8-11/h5-8,10H,4H2,1-3H3,(H2,13,14,15)/t10-/m1/s1. The van der Waals surface area contributed by atoms with E-state index in [1.165, 1.54) is 5.56 Å². The van der Waals surface area contributed by atoms with Gasteiger partial charge in [-0.3, -0.25) is 0 Å². The van der Waals surface area contributed by atoms with E-state index in [1.54, 1.807) is 0 Å². The van der Waals surface area contributed by atoms with Crippen molar-refractivity contribution in [1.29, 1.82) is 0 Å². The minimum absolute atomic E-state index is 0.145. The number of hydrogen-bond donors (Lipinski definition) is 2. The van der Waals surface area contributed by atoms with Gasteiger partial charge < -0.3 is 10.6 Å². The fourth-order valence-corrected chi connectivity index (χ4v) is 1.13. The third-order valence-corrected chi connectivity index (χ3v) is 2.30. The van der Waals surface area contributed by atoms with Crippen LogP contribution in [-0.2, 0) is 0 Å². The molecule has 0 unspecified atom stereocenters. The number of hydrogen-bond acceptors (Lipinski definition) is 1. The number of urea groups is 1. The van der Waals surface area contributed by atoms with Crippen molar-refractivity contribution in [3.8, 4) is 0 Å². The predicted octanol–water partition coefficient (Wildman–Crippen LogP) is 2.92. The van der Waals surface area contributed by atoms with Gasteiger partial charge >= 0.3 is 6.03 Å². The van der Waals surface area contributed by atoms with Crippen molar-refractivity contribution < 1.29 is 4.79 Å². The first-order valence-corrected chi connectivity index (χ1v) is 5.26. The van der Waals surface area contributed by atoms with E-state index >= 15 is 0 Å². The summed E-state index contributed by atoms with van der Waals surface area (Å²) in [4.78, 5) is 11.4. The van der Waals surface area contributed by atoms with Crippen LogP contribution >= 0.6 is 0 Å². The summed E-state index contributed by atoms with van der Waals surface area (Å²) < 4.78 is 0. The van der Waals surface area contributed by atoms with Crippen LogP contribution in [0.5, 0.6) is 0 Å². The highest BCUT2D eigenvalue weighted by Gasteiger charge is 2.04. The van der Waals surface area contributed by atoms with Gasteiger partial charge in [-0.15, -0.1) is 0 Å². The van der Waals surface area contributed by atoms with Crippen molar-refractivity contribution in [2.45, 2.75) is 33.2 Å². The van der Waals surface area contributed by atoms with Crippen LogP contribution in [0.15, 0.2) is 24.3 Å². The molecule has 0 saturated carbocycles. The van der Waals surface area contributed by atoms with Crippen LogP contribution in [0.25, 0.3) is 0 Å². The van der Waals surface area contributed by atoms with Crippen LogP contribution in [-0.4, -0.2) is 12.1 Å². The number of amides is 2. The summed E-state index contributed by atoms with van der Waals surface area (Å²) in [6.45, 7) is 6.04. The van der Waals surface area contributed by atoms with Crippen LogP contribution in [0.2, 0.25) is 0 Å². The second kappa shape index (κ2) is 5.39. The zero-order chi connectivity index (χ0) is 11.3. The smallest absolute Gasteiger partial charge is 0.319 e. The van der Waals surface area contributed by atoms with Gasteiger partial charge in [-0.2, -0.15) is 0 Å². The normalized spacial score (nSPS) is 11.9. The lowest BCUT2D eigenvalue weighted by atomic mass is 10.2. The van der Waals surface area contributed by atoms with Gasteiger partial charge in [0.25, 0.3) is 0 Å². The summed E-state index contributed by atoms with van der Waals surface area (Å²) in [5, 5.41) is 5.63. The van der Waals surface area contributed by atoms with Gasteiger partial charge in [0, 0.05) is 11.7 Å². The molecule has 0 fully saturated rings. The van der Waals surface area contributed by atoms with Crippen LogP contribution in [0.4, 0.5) is 10.5 Å². The Morgan fingerprint density at radius 3 is 2.47 bits per heavy atom. The topological polar surface area (TPSA) is 41.1 Å². The summed E-state index contributed by atoms with van der Waals surface area (Å²) in [6, 6.07) is 7.79. The van der Waals surface area contributed by atoms with E-state index in [2.05, 4.69) is 10.6 Å². The molecule has 1 aromatic carbocycles. The molecular formula is C12H18N2O. The number of rotatable bonds is 3. The van der Waals surface area contributed by atoms with E-state index in [9.17, 15) is 4.79 Å². The summed E-state index contributed by atoms with van der Waals surface area (Å²) in [7, 11) is 0. The SMILES string of the molecule is CC[C@@H](C)NC(=O)Nc1ccc(C)cc1. The number of carbonyl (C=O) groups is 1. The van der Waals surface area contributed by atoms with E-state index in [-0.39, 0.29) is 12.1 Å². The van der Waals surface area contributed by atoms with Gasteiger partial charge in [-0.25, -0.2) is 4.79 Å². The molecule has 1 atom stereocenters. The minimum atomic E-state index is -0.145. The number of nitrogens with one attached hydrogen (secondary N) is 2. The Balaban J connectivity index is 2.48. The van der Waals surface area contributed by atoms with Crippen molar-refractivity contribution in [2.24, 2.45) is 0 Å². The van der Waals surface area contributed by atoms with Crippen molar-refractivity contribution >= 4 is 11.7 Å². The Bertz CT molecular complexity index is 319. The van der Waals surface area contributed by atoms with Gasteiger partial charge in [0.1, 0.15) is 0 Å². The number of anilines is 1. The molecular weight excluding hydrogens is 188 g/mol. The molecule has 0 aliphatic rings. The van der Waals surface area contributed by atoms with Crippen LogP contribution in [0.1, 0.15) is 25.8 Å². The highest BCUT2D eigenvalue weighted by Crippen LogP contribution is 2.08. The first-order chi connectivity index (χ1) is 7.11. The third kappa shape index (κ3) is 4.02. The monoisotopic (exact) mass is 206 g/mol. The lowest BCUT2D eigenvalue weighted by Gasteiger charge is -2.12. The molecule has 0 spiro atoms. The van der Waals surface area contributed by atoms with Crippen LogP contribution in [0.3, 0.4) is 0 Å². The van der Waals surface area contributed by atoms with Gasteiger partial charge in [-0.1, -0.05) is 24.6 Å². The van der Waals surface area contributed by atoms with E-state index in [0.29, 0.717) is 0 Å². The molecule has 2 amide bonds. The molecule has 3 heteroatoms. The molecule has 0 bridgehead atoms. The fraction of sp³-hybridized carbons (Fsp3) is 0.417. The van der Waals surface area contributed by atoms with Crippen molar-refractivity contribution in [1.82, 2.24) is 5.32 Å². The quantitative estimate of drug-likeness (QED) is 0.784. The molecule has 0 heterocycles. The molecule has 0 radical (unpaired) electrons. The Labute approximate surface area is 90.9 Å². The largest absolute Gasteiger partial charge is 0.335 e. The number of aryl methyl sites for hydroxylation is 1. The predicted molar refractivity (Wildman–Crippen MR) is 63.1 cm³/mol. The Hall–Kier alpha value is -1.51. The van der Waals surface area contributed by atoms with Crippen molar-refractivity contribution in [2.75, 3.05) is 5.32 Å². The molecule has 0 aliphatic carbocycles. The first kappa shape index (κ1) is 11.6. The molecule has 82 valence electrons. The Morgan fingerprint density at radius 1 is 1.33 bits per heavy atom. The highest BCUT2D eigenvalue weighted by atomic mass is 16.2. The molecule has 2 N–H and O–H groups in total. The van der Waals surface area contributed by atoms with Crippen molar-refractivity contribution in [3.05, 3.63) is 29.8 Å². The lowest BCUT2D eigenvalue weighted by molar-refractivity contribution is 0.249. The molecule has 1 aromatic rings. The first-order valence-electron chi connectivity index (χ1n) is 5.26. The summed E-state index contributed by atoms with van der Waals surface area (Å²) in [5.74, 6) is 0.